The summed E-state index contributed by atoms with van der Waals surface area (Å²) in [6, 6.07) is 13.3. The van der Waals surface area contributed by atoms with Crippen molar-refractivity contribution in [2.75, 3.05) is 32.8 Å². The highest BCUT2D eigenvalue weighted by Crippen LogP contribution is 2.20. The van der Waals surface area contributed by atoms with Crippen LogP contribution in [0.25, 0.3) is 10.8 Å². The first-order valence-corrected chi connectivity index (χ1v) is 11.7. The third kappa shape index (κ3) is 7.46. The second kappa shape index (κ2) is 12.4. The summed E-state index contributed by atoms with van der Waals surface area (Å²) in [6.45, 7) is 4.26. The van der Waals surface area contributed by atoms with Crippen molar-refractivity contribution < 1.29 is 23.9 Å². The number of fused-ring (bicyclic) bond motifs is 1. The van der Waals surface area contributed by atoms with Gasteiger partial charge < -0.3 is 15.8 Å². The molecule has 1 saturated heterocycles. The number of aryl methyl sites for hydroxylation is 1. The standard InChI is InChI=1S/C26H33N3O5/c1-18(24(31)10-9-20-7-4-6-19-5-2-3-8-23(19)20)28-26(33)21(16-25(27)32)15-22(30)17-29-11-13-34-14-12-29/h2-8,18,21H,9-17H2,1H3,(H2,27,32)(H,28,33)/t18-,21-/m0/s1. The van der Waals surface area contributed by atoms with E-state index < -0.39 is 23.8 Å². The zero-order valence-electron chi connectivity index (χ0n) is 19.6. The van der Waals surface area contributed by atoms with Crippen LogP contribution in [0.1, 0.15) is 31.7 Å². The van der Waals surface area contributed by atoms with Gasteiger partial charge in [-0.3, -0.25) is 24.1 Å². The molecule has 2 amide bonds. The monoisotopic (exact) mass is 467 g/mol. The molecule has 8 heteroatoms. The molecular formula is C26H33N3O5. The molecule has 1 aliphatic heterocycles. The van der Waals surface area contributed by atoms with Crippen molar-refractivity contribution in [3.63, 3.8) is 0 Å². The van der Waals surface area contributed by atoms with E-state index >= 15 is 0 Å². The zero-order valence-corrected chi connectivity index (χ0v) is 19.6. The Labute approximate surface area is 199 Å². The first-order valence-electron chi connectivity index (χ1n) is 11.7. The maximum Gasteiger partial charge on any atom is 0.224 e. The van der Waals surface area contributed by atoms with Crippen molar-refractivity contribution in [1.82, 2.24) is 10.2 Å². The summed E-state index contributed by atoms with van der Waals surface area (Å²) in [5.74, 6) is -2.30. The number of Topliss-reactive ketones (excluding diaryl/α,β-unsaturated/α-hetero) is 2. The minimum Gasteiger partial charge on any atom is -0.379 e. The smallest absolute Gasteiger partial charge is 0.224 e. The number of amides is 2. The SMILES string of the molecule is C[C@H](NC(=O)[C@H](CC(N)=O)CC(=O)CN1CCOCC1)C(=O)CCc1cccc2ccccc12. The number of benzene rings is 2. The maximum atomic E-state index is 12.8. The molecule has 0 aliphatic carbocycles. The summed E-state index contributed by atoms with van der Waals surface area (Å²) in [5, 5.41) is 4.91. The summed E-state index contributed by atoms with van der Waals surface area (Å²) in [5.41, 5.74) is 6.39. The topological polar surface area (TPSA) is 119 Å². The van der Waals surface area contributed by atoms with E-state index in [1.807, 2.05) is 47.4 Å². The van der Waals surface area contributed by atoms with Gasteiger partial charge in [0, 0.05) is 32.4 Å². The molecule has 182 valence electrons. The highest BCUT2D eigenvalue weighted by molar-refractivity contribution is 5.94. The van der Waals surface area contributed by atoms with Gasteiger partial charge >= 0.3 is 0 Å². The molecule has 0 radical (unpaired) electrons. The van der Waals surface area contributed by atoms with Gasteiger partial charge in [-0.1, -0.05) is 42.5 Å². The molecule has 2 atom stereocenters. The van der Waals surface area contributed by atoms with Gasteiger partial charge in [0.25, 0.3) is 0 Å². The molecule has 0 spiro atoms. The summed E-state index contributed by atoms with van der Waals surface area (Å²) in [6.07, 6.45) is 0.496. The van der Waals surface area contributed by atoms with Crippen LogP contribution in [0, 0.1) is 5.92 Å². The van der Waals surface area contributed by atoms with Crippen LogP contribution in [0.4, 0.5) is 0 Å². The lowest BCUT2D eigenvalue weighted by atomic mass is 9.95. The Morgan fingerprint density at radius 3 is 2.47 bits per heavy atom. The number of hydrogen-bond donors (Lipinski definition) is 2. The normalized spacial score (nSPS) is 16.0. The van der Waals surface area contributed by atoms with Crippen molar-refractivity contribution in [2.45, 2.75) is 38.6 Å². The highest BCUT2D eigenvalue weighted by atomic mass is 16.5. The third-order valence-electron chi connectivity index (χ3n) is 6.16. The highest BCUT2D eigenvalue weighted by Gasteiger charge is 2.27. The van der Waals surface area contributed by atoms with Gasteiger partial charge in [-0.25, -0.2) is 0 Å². The van der Waals surface area contributed by atoms with E-state index in [-0.39, 0.29) is 37.4 Å². The maximum absolute atomic E-state index is 12.8. The van der Waals surface area contributed by atoms with Crippen LogP contribution in [-0.4, -0.2) is 67.2 Å². The van der Waals surface area contributed by atoms with Crippen molar-refractivity contribution in [3.05, 3.63) is 48.0 Å². The molecule has 1 heterocycles. The summed E-state index contributed by atoms with van der Waals surface area (Å²) in [4.78, 5) is 51.5. The minimum atomic E-state index is -0.889. The molecule has 1 aliphatic rings. The summed E-state index contributed by atoms with van der Waals surface area (Å²) < 4.78 is 5.28. The van der Waals surface area contributed by atoms with Crippen molar-refractivity contribution in [1.29, 1.82) is 0 Å². The van der Waals surface area contributed by atoms with Gasteiger partial charge in [-0.2, -0.15) is 0 Å². The van der Waals surface area contributed by atoms with Crippen molar-refractivity contribution >= 4 is 34.2 Å². The molecule has 34 heavy (non-hydrogen) atoms. The molecule has 1 fully saturated rings. The largest absolute Gasteiger partial charge is 0.379 e. The van der Waals surface area contributed by atoms with Gasteiger partial charge in [-0.15, -0.1) is 0 Å². The van der Waals surface area contributed by atoms with Crippen LogP contribution >= 0.6 is 0 Å². The van der Waals surface area contributed by atoms with E-state index in [1.165, 1.54) is 0 Å². The van der Waals surface area contributed by atoms with Crippen molar-refractivity contribution in [2.24, 2.45) is 11.7 Å². The molecule has 0 saturated carbocycles. The van der Waals surface area contributed by atoms with E-state index in [0.29, 0.717) is 32.7 Å². The Morgan fingerprint density at radius 1 is 1.03 bits per heavy atom. The third-order valence-corrected chi connectivity index (χ3v) is 6.16. The minimum absolute atomic E-state index is 0.0942. The molecule has 0 unspecified atom stereocenters. The lowest BCUT2D eigenvalue weighted by Crippen LogP contribution is -2.44. The Bertz CT molecular complexity index is 1030. The Morgan fingerprint density at radius 2 is 1.74 bits per heavy atom. The number of nitrogens with one attached hydrogen (secondary N) is 1. The lowest BCUT2D eigenvalue weighted by molar-refractivity contribution is -0.134. The Kier molecular flexibility index (Phi) is 9.30. The average molecular weight is 468 g/mol. The zero-order chi connectivity index (χ0) is 24.5. The number of ether oxygens (including phenoxy) is 1. The van der Waals surface area contributed by atoms with E-state index in [9.17, 15) is 19.2 Å². The summed E-state index contributed by atoms with van der Waals surface area (Å²) in [7, 11) is 0. The van der Waals surface area contributed by atoms with Gasteiger partial charge in [0.1, 0.15) is 5.78 Å². The van der Waals surface area contributed by atoms with Gasteiger partial charge in [-0.05, 0) is 29.7 Å². The van der Waals surface area contributed by atoms with Crippen LogP contribution < -0.4 is 11.1 Å². The predicted octanol–water partition coefficient (Wildman–Crippen LogP) is 1.63. The van der Waals surface area contributed by atoms with E-state index in [4.69, 9.17) is 10.5 Å². The first kappa shape index (κ1) is 25.5. The van der Waals surface area contributed by atoms with E-state index in [2.05, 4.69) is 5.32 Å². The van der Waals surface area contributed by atoms with Crippen LogP contribution in [0.5, 0.6) is 0 Å². The quantitative estimate of drug-likeness (QED) is 0.490. The number of carbonyl (C=O) groups excluding carboxylic acids is 4. The van der Waals surface area contributed by atoms with Crippen LogP contribution in [0.15, 0.2) is 42.5 Å². The van der Waals surface area contributed by atoms with Crippen LogP contribution in [0.2, 0.25) is 0 Å². The Balaban J connectivity index is 1.54. The van der Waals surface area contributed by atoms with Gasteiger partial charge in [0.2, 0.25) is 11.8 Å². The molecular weight excluding hydrogens is 434 g/mol. The van der Waals surface area contributed by atoms with E-state index in [1.54, 1.807) is 6.92 Å². The molecule has 2 aromatic rings. The second-order valence-corrected chi connectivity index (χ2v) is 8.83. The predicted molar refractivity (Wildman–Crippen MR) is 129 cm³/mol. The number of nitrogens with zero attached hydrogens (tertiary/aromatic N) is 1. The molecule has 0 bridgehead atoms. The average Bonchev–Trinajstić information content (AvgIpc) is 2.82. The molecule has 0 aromatic heterocycles. The first-order chi connectivity index (χ1) is 16.3. The number of ketones is 2. The van der Waals surface area contributed by atoms with E-state index in [0.717, 1.165) is 16.3 Å². The summed E-state index contributed by atoms with van der Waals surface area (Å²) >= 11 is 0. The molecule has 8 nitrogen and oxygen atoms in total. The fourth-order valence-electron chi connectivity index (χ4n) is 4.25. The number of hydrogen-bond acceptors (Lipinski definition) is 6. The Hall–Kier alpha value is -3.10. The number of rotatable bonds is 12. The second-order valence-electron chi connectivity index (χ2n) is 8.83. The fourth-order valence-corrected chi connectivity index (χ4v) is 4.25. The number of morpholine rings is 1. The molecule has 3 N–H and O–H groups in total. The number of nitrogens with two attached hydrogens (primary N) is 1. The molecule has 2 aromatic carbocycles. The van der Waals surface area contributed by atoms with Gasteiger partial charge in [0.15, 0.2) is 5.78 Å². The van der Waals surface area contributed by atoms with Crippen LogP contribution in [0.3, 0.4) is 0 Å². The number of carbonyl (C=O) groups is 4. The van der Waals surface area contributed by atoms with Gasteiger partial charge in [0.05, 0.1) is 31.7 Å². The number of primary amides is 1. The molecule has 3 rings (SSSR count). The fraction of sp³-hybridized carbons (Fsp3) is 0.462. The van der Waals surface area contributed by atoms with Crippen LogP contribution in [-0.2, 0) is 30.3 Å². The lowest BCUT2D eigenvalue weighted by Gasteiger charge is -2.26. The van der Waals surface area contributed by atoms with Crippen molar-refractivity contribution in [3.8, 4) is 0 Å².